The van der Waals surface area contributed by atoms with Crippen molar-refractivity contribution in [2.75, 3.05) is 6.54 Å². The number of nitrogens with one attached hydrogen (secondary N) is 1. The molecule has 3 nitrogen and oxygen atoms in total. The van der Waals surface area contributed by atoms with Gasteiger partial charge >= 0.3 is 0 Å². The Morgan fingerprint density at radius 3 is 2.60 bits per heavy atom. The molecule has 0 saturated carbocycles. The molecule has 0 saturated heterocycles. The minimum atomic E-state index is 0.924. The van der Waals surface area contributed by atoms with E-state index >= 15 is 0 Å². The summed E-state index contributed by atoms with van der Waals surface area (Å²) in [6, 6.07) is 8.82. The molecule has 1 aromatic carbocycles. The zero-order valence-electron chi connectivity index (χ0n) is 13.0. The van der Waals surface area contributed by atoms with E-state index in [1.165, 1.54) is 28.1 Å². The van der Waals surface area contributed by atoms with Gasteiger partial charge in [-0.1, -0.05) is 39.0 Å². The third-order valence-electron chi connectivity index (χ3n) is 3.70. The van der Waals surface area contributed by atoms with Crippen LogP contribution in [0.3, 0.4) is 0 Å². The SMILES string of the molecule is CCNCc1cccc(-c2c(CC)nn(C)c2CC)c1. The Morgan fingerprint density at radius 2 is 1.95 bits per heavy atom. The molecule has 1 aromatic heterocycles. The molecule has 0 unspecified atom stereocenters. The van der Waals surface area contributed by atoms with Gasteiger partial charge in [0.05, 0.1) is 5.69 Å². The van der Waals surface area contributed by atoms with E-state index in [0.29, 0.717) is 0 Å². The normalized spacial score (nSPS) is 11.0. The monoisotopic (exact) mass is 271 g/mol. The second-order valence-electron chi connectivity index (χ2n) is 5.08. The number of hydrogen-bond acceptors (Lipinski definition) is 2. The molecule has 0 spiro atoms. The summed E-state index contributed by atoms with van der Waals surface area (Å²) in [5.41, 5.74) is 6.47. The van der Waals surface area contributed by atoms with E-state index in [1.807, 2.05) is 11.7 Å². The summed E-state index contributed by atoms with van der Waals surface area (Å²) in [6.07, 6.45) is 1.98. The highest BCUT2D eigenvalue weighted by Gasteiger charge is 2.15. The molecule has 2 aromatic rings. The number of nitrogens with zero attached hydrogens (tertiary/aromatic N) is 2. The minimum Gasteiger partial charge on any atom is -0.313 e. The molecule has 2 rings (SSSR count). The van der Waals surface area contributed by atoms with Crippen LogP contribution in [0.25, 0.3) is 11.1 Å². The first-order chi connectivity index (χ1) is 9.71. The Bertz CT molecular complexity index is 570. The first kappa shape index (κ1) is 14.8. The average Bonchev–Trinajstić information content (AvgIpc) is 2.81. The van der Waals surface area contributed by atoms with Crippen molar-refractivity contribution in [2.45, 2.75) is 40.2 Å². The van der Waals surface area contributed by atoms with Gasteiger partial charge in [-0.2, -0.15) is 5.10 Å². The Morgan fingerprint density at radius 1 is 1.15 bits per heavy atom. The third kappa shape index (κ3) is 2.93. The highest BCUT2D eigenvalue weighted by atomic mass is 15.3. The molecule has 0 amide bonds. The topological polar surface area (TPSA) is 29.9 Å². The number of rotatable bonds is 6. The van der Waals surface area contributed by atoms with Crippen molar-refractivity contribution in [1.29, 1.82) is 0 Å². The molecule has 0 aliphatic heterocycles. The van der Waals surface area contributed by atoms with Crippen LogP contribution in [0, 0.1) is 0 Å². The van der Waals surface area contributed by atoms with E-state index in [9.17, 15) is 0 Å². The van der Waals surface area contributed by atoms with Crippen molar-refractivity contribution in [2.24, 2.45) is 7.05 Å². The fourth-order valence-corrected chi connectivity index (χ4v) is 2.71. The minimum absolute atomic E-state index is 0.924. The van der Waals surface area contributed by atoms with Crippen LogP contribution in [-0.2, 0) is 26.4 Å². The van der Waals surface area contributed by atoms with Gasteiger partial charge in [-0.3, -0.25) is 4.68 Å². The first-order valence-corrected chi connectivity index (χ1v) is 7.55. The Balaban J connectivity index is 2.45. The molecule has 0 atom stereocenters. The van der Waals surface area contributed by atoms with Crippen molar-refractivity contribution in [3.8, 4) is 11.1 Å². The first-order valence-electron chi connectivity index (χ1n) is 7.55. The largest absolute Gasteiger partial charge is 0.313 e. The number of aromatic nitrogens is 2. The summed E-state index contributed by atoms with van der Waals surface area (Å²) in [5, 5.41) is 8.05. The maximum Gasteiger partial charge on any atom is 0.0703 e. The van der Waals surface area contributed by atoms with Gasteiger partial charge in [0, 0.05) is 24.8 Å². The lowest BCUT2D eigenvalue weighted by molar-refractivity contribution is 0.705. The summed E-state index contributed by atoms with van der Waals surface area (Å²) in [6.45, 7) is 8.43. The predicted molar refractivity (Wildman–Crippen MR) is 84.8 cm³/mol. The molecule has 0 bridgehead atoms. The summed E-state index contributed by atoms with van der Waals surface area (Å²) < 4.78 is 2.03. The van der Waals surface area contributed by atoms with Crippen molar-refractivity contribution in [1.82, 2.24) is 15.1 Å². The lowest BCUT2D eigenvalue weighted by Gasteiger charge is -2.08. The Kier molecular flexibility index (Phi) is 4.96. The zero-order valence-corrected chi connectivity index (χ0v) is 13.0. The molecule has 0 aliphatic rings. The molecule has 1 heterocycles. The molecule has 0 radical (unpaired) electrons. The Hall–Kier alpha value is -1.61. The van der Waals surface area contributed by atoms with E-state index in [-0.39, 0.29) is 0 Å². The maximum atomic E-state index is 4.67. The summed E-state index contributed by atoms with van der Waals surface area (Å²) in [5.74, 6) is 0. The third-order valence-corrected chi connectivity index (χ3v) is 3.70. The van der Waals surface area contributed by atoms with Gasteiger partial charge < -0.3 is 5.32 Å². The van der Waals surface area contributed by atoms with E-state index in [4.69, 9.17) is 0 Å². The van der Waals surface area contributed by atoms with Crippen LogP contribution in [0.4, 0.5) is 0 Å². The van der Waals surface area contributed by atoms with Crippen molar-refractivity contribution < 1.29 is 0 Å². The van der Waals surface area contributed by atoms with E-state index < -0.39 is 0 Å². The molecule has 0 aliphatic carbocycles. The van der Waals surface area contributed by atoms with Crippen LogP contribution in [0.15, 0.2) is 24.3 Å². The van der Waals surface area contributed by atoms with Crippen LogP contribution in [-0.4, -0.2) is 16.3 Å². The van der Waals surface area contributed by atoms with Crippen LogP contribution >= 0.6 is 0 Å². The lowest BCUT2D eigenvalue weighted by atomic mass is 9.98. The summed E-state index contributed by atoms with van der Waals surface area (Å²) in [7, 11) is 2.05. The lowest BCUT2D eigenvalue weighted by Crippen LogP contribution is -2.11. The van der Waals surface area contributed by atoms with Crippen molar-refractivity contribution in [3.05, 3.63) is 41.2 Å². The Labute approximate surface area is 122 Å². The summed E-state index contributed by atoms with van der Waals surface area (Å²) in [4.78, 5) is 0. The van der Waals surface area contributed by atoms with Crippen molar-refractivity contribution >= 4 is 0 Å². The fourth-order valence-electron chi connectivity index (χ4n) is 2.71. The standard InChI is InChI=1S/C17H25N3/c1-5-15-17(16(6-2)20(4)19-15)14-10-8-9-13(11-14)12-18-7-3/h8-11,18H,5-7,12H2,1-4H3. The highest BCUT2D eigenvalue weighted by Crippen LogP contribution is 2.29. The number of aryl methyl sites for hydroxylation is 2. The summed E-state index contributed by atoms with van der Waals surface area (Å²) >= 11 is 0. The van der Waals surface area contributed by atoms with Crippen LogP contribution in [0.2, 0.25) is 0 Å². The molecular weight excluding hydrogens is 246 g/mol. The highest BCUT2D eigenvalue weighted by molar-refractivity contribution is 5.69. The fraction of sp³-hybridized carbons (Fsp3) is 0.471. The smallest absolute Gasteiger partial charge is 0.0703 e. The average molecular weight is 271 g/mol. The second-order valence-corrected chi connectivity index (χ2v) is 5.08. The predicted octanol–water partition coefficient (Wildman–Crippen LogP) is 3.32. The molecule has 1 N–H and O–H groups in total. The van der Waals surface area contributed by atoms with Gasteiger partial charge in [-0.25, -0.2) is 0 Å². The van der Waals surface area contributed by atoms with Crippen molar-refractivity contribution in [3.63, 3.8) is 0 Å². The van der Waals surface area contributed by atoms with Crippen LogP contribution in [0.1, 0.15) is 37.7 Å². The number of hydrogen-bond donors (Lipinski definition) is 1. The molecule has 20 heavy (non-hydrogen) atoms. The van der Waals surface area contributed by atoms with Gasteiger partial charge in [0.15, 0.2) is 0 Å². The van der Waals surface area contributed by atoms with E-state index in [2.05, 4.69) is 55.5 Å². The molecule has 0 fully saturated rings. The van der Waals surface area contributed by atoms with E-state index in [0.717, 1.165) is 25.9 Å². The van der Waals surface area contributed by atoms with Gasteiger partial charge in [0.1, 0.15) is 0 Å². The quantitative estimate of drug-likeness (QED) is 0.873. The van der Waals surface area contributed by atoms with Crippen LogP contribution < -0.4 is 5.32 Å². The van der Waals surface area contributed by atoms with Gasteiger partial charge in [0.25, 0.3) is 0 Å². The van der Waals surface area contributed by atoms with Gasteiger partial charge in [0.2, 0.25) is 0 Å². The van der Waals surface area contributed by atoms with Crippen LogP contribution in [0.5, 0.6) is 0 Å². The molecular formula is C17H25N3. The molecule has 108 valence electrons. The van der Waals surface area contributed by atoms with Gasteiger partial charge in [-0.05, 0) is 36.6 Å². The number of benzene rings is 1. The van der Waals surface area contributed by atoms with E-state index in [1.54, 1.807) is 0 Å². The second kappa shape index (κ2) is 6.71. The molecule has 3 heteroatoms. The maximum absolute atomic E-state index is 4.67. The van der Waals surface area contributed by atoms with Gasteiger partial charge in [-0.15, -0.1) is 0 Å². The zero-order chi connectivity index (χ0) is 14.5.